The molecule has 0 aliphatic heterocycles. The Labute approximate surface area is 146 Å². The van der Waals surface area contributed by atoms with Gasteiger partial charge < -0.3 is 14.8 Å². The zero-order chi connectivity index (χ0) is 17.0. The van der Waals surface area contributed by atoms with Crippen LogP contribution < -0.4 is 14.8 Å². The van der Waals surface area contributed by atoms with Gasteiger partial charge in [-0.05, 0) is 43.3 Å². The summed E-state index contributed by atoms with van der Waals surface area (Å²) in [6, 6.07) is 9.18. The molecule has 1 amide bonds. The van der Waals surface area contributed by atoms with Crippen molar-refractivity contribution in [2.45, 2.75) is 13.0 Å². The lowest BCUT2D eigenvalue weighted by Crippen LogP contribution is -2.30. The van der Waals surface area contributed by atoms with Crippen molar-refractivity contribution in [3.8, 4) is 11.5 Å². The molecule has 0 saturated heterocycles. The highest BCUT2D eigenvalue weighted by atomic mass is 79.9. The van der Waals surface area contributed by atoms with Gasteiger partial charge in [0.25, 0.3) is 5.91 Å². The SMILES string of the molecule is COc1ccc(Cl)cc1NC(=O)C(C)Oc1ccc(Br)cc1F. The van der Waals surface area contributed by atoms with Crippen molar-refractivity contribution in [1.82, 2.24) is 0 Å². The predicted octanol–water partition coefficient (Wildman–Crippen LogP) is 4.66. The maximum Gasteiger partial charge on any atom is 0.265 e. The highest BCUT2D eigenvalue weighted by molar-refractivity contribution is 9.10. The van der Waals surface area contributed by atoms with Crippen molar-refractivity contribution >= 4 is 39.1 Å². The summed E-state index contributed by atoms with van der Waals surface area (Å²) in [4.78, 5) is 12.2. The smallest absolute Gasteiger partial charge is 0.265 e. The Morgan fingerprint density at radius 2 is 1.96 bits per heavy atom. The molecule has 122 valence electrons. The third-order valence-electron chi connectivity index (χ3n) is 2.99. The topological polar surface area (TPSA) is 47.6 Å². The highest BCUT2D eigenvalue weighted by Crippen LogP contribution is 2.28. The van der Waals surface area contributed by atoms with Crippen LogP contribution in [0.15, 0.2) is 40.9 Å². The van der Waals surface area contributed by atoms with E-state index in [-0.39, 0.29) is 5.75 Å². The Balaban J connectivity index is 2.10. The van der Waals surface area contributed by atoms with Crippen molar-refractivity contribution in [3.05, 3.63) is 51.7 Å². The molecule has 0 bridgehead atoms. The molecule has 2 rings (SSSR count). The van der Waals surface area contributed by atoms with E-state index in [1.54, 1.807) is 24.3 Å². The van der Waals surface area contributed by atoms with E-state index >= 15 is 0 Å². The van der Waals surface area contributed by atoms with Gasteiger partial charge >= 0.3 is 0 Å². The number of carbonyl (C=O) groups excluding carboxylic acids is 1. The van der Waals surface area contributed by atoms with E-state index in [0.29, 0.717) is 20.9 Å². The van der Waals surface area contributed by atoms with E-state index < -0.39 is 17.8 Å². The molecule has 4 nitrogen and oxygen atoms in total. The van der Waals surface area contributed by atoms with Gasteiger partial charge in [-0.3, -0.25) is 4.79 Å². The fourth-order valence-electron chi connectivity index (χ4n) is 1.83. The van der Waals surface area contributed by atoms with E-state index in [2.05, 4.69) is 21.2 Å². The van der Waals surface area contributed by atoms with Crippen LogP contribution in [0.4, 0.5) is 10.1 Å². The largest absolute Gasteiger partial charge is 0.495 e. The lowest BCUT2D eigenvalue weighted by atomic mass is 10.2. The Morgan fingerprint density at radius 1 is 1.26 bits per heavy atom. The van der Waals surface area contributed by atoms with Crippen molar-refractivity contribution < 1.29 is 18.7 Å². The Morgan fingerprint density at radius 3 is 2.61 bits per heavy atom. The van der Waals surface area contributed by atoms with Crippen molar-refractivity contribution in [2.75, 3.05) is 12.4 Å². The van der Waals surface area contributed by atoms with Gasteiger partial charge in [-0.25, -0.2) is 4.39 Å². The molecule has 2 aromatic carbocycles. The summed E-state index contributed by atoms with van der Waals surface area (Å²) >= 11 is 9.07. The van der Waals surface area contributed by atoms with Crippen LogP contribution in [0.2, 0.25) is 5.02 Å². The highest BCUT2D eigenvalue weighted by Gasteiger charge is 2.18. The minimum absolute atomic E-state index is 0.00564. The van der Waals surface area contributed by atoms with E-state index in [1.807, 2.05) is 0 Å². The van der Waals surface area contributed by atoms with Gasteiger partial charge in [-0.15, -0.1) is 0 Å². The minimum atomic E-state index is -0.908. The molecule has 0 fully saturated rings. The lowest BCUT2D eigenvalue weighted by molar-refractivity contribution is -0.122. The van der Waals surface area contributed by atoms with Crippen LogP contribution in [-0.4, -0.2) is 19.1 Å². The maximum absolute atomic E-state index is 13.7. The zero-order valence-corrected chi connectivity index (χ0v) is 14.7. The number of hydrogen-bond acceptors (Lipinski definition) is 3. The van der Waals surface area contributed by atoms with Gasteiger partial charge in [-0.1, -0.05) is 27.5 Å². The second kappa shape index (κ2) is 7.66. The van der Waals surface area contributed by atoms with Gasteiger partial charge in [0.2, 0.25) is 0 Å². The first kappa shape index (κ1) is 17.6. The number of hydrogen-bond donors (Lipinski definition) is 1. The van der Waals surface area contributed by atoms with Crippen LogP contribution in [0.25, 0.3) is 0 Å². The molecule has 0 aromatic heterocycles. The summed E-state index contributed by atoms with van der Waals surface area (Å²) in [6.07, 6.45) is -0.908. The predicted molar refractivity (Wildman–Crippen MR) is 90.8 cm³/mol. The number of nitrogens with one attached hydrogen (secondary N) is 1. The molecule has 1 N–H and O–H groups in total. The van der Waals surface area contributed by atoms with Gasteiger partial charge in [-0.2, -0.15) is 0 Å². The molecule has 23 heavy (non-hydrogen) atoms. The molecule has 0 heterocycles. The third kappa shape index (κ3) is 4.59. The Hall–Kier alpha value is -1.79. The first-order valence-corrected chi connectivity index (χ1v) is 7.84. The first-order valence-electron chi connectivity index (χ1n) is 6.67. The molecule has 1 unspecified atom stereocenters. The zero-order valence-electron chi connectivity index (χ0n) is 12.4. The molecule has 0 saturated carbocycles. The molecule has 0 radical (unpaired) electrons. The summed E-state index contributed by atoms with van der Waals surface area (Å²) in [6.45, 7) is 1.52. The molecular weight excluding hydrogens is 389 g/mol. The van der Waals surface area contributed by atoms with E-state index in [4.69, 9.17) is 21.1 Å². The maximum atomic E-state index is 13.7. The van der Waals surface area contributed by atoms with Crippen LogP contribution in [0.3, 0.4) is 0 Å². The second-order valence-corrected chi connectivity index (χ2v) is 6.02. The molecular formula is C16H14BrClFNO3. The van der Waals surface area contributed by atoms with Crippen LogP contribution in [0, 0.1) is 5.82 Å². The summed E-state index contributed by atoms with van der Waals surface area (Å²) < 4.78 is 24.8. The quantitative estimate of drug-likeness (QED) is 0.791. The number of methoxy groups -OCH3 is 1. The van der Waals surface area contributed by atoms with Crippen LogP contribution in [0.1, 0.15) is 6.92 Å². The van der Waals surface area contributed by atoms with Crippen molar-refractivity contribution in [1.29, 1.82) is 0 Å². The third-order valence-corrected chi connectivity index (χ3v) is 3.71. The molecule has 1 atom stereocenters. The number of carbonyl (C=O) groups is 1. The summed E-state index contributed by atoms with van der Waals surface area (Å²) in [5, 5.41) is 3.10. The number of ether oxygens (including phenoxy) is 2. The van der Waals surface area contributed by atoms with E-state index in [1.165, 1.54) is 26.2 Å². The summed E-state index contributed by atoms with van der Waals surface area (Å²) in [7, 11) is 1.48. The number of benzene rings is 2. The van der Waals surface area contributed by atoms with Crippen LogP contribution in [-0.2, 0) is 4.79 Å². The number of rotatable bonds is 5. The van der Waals surface area contributed by atoms with Crippen molar-refractivity contribution in [2.24, 2.45) is 0 Å². The van der Waals surface area contributed by atoms with E-state index in [9.17, 15) is 9.18 Å². The number of anilines is 1. The fraction of sp³-hybridized carbons (Fsp3) is 0.188. The van der Waals surface area contributed by atoms with Crippen LogP contribution >= 0.6 is 27.5 Å². The van der Waals surface area contributed by atoms with E-state index in [0.717, 1.165) is 0 Å². The number of amides is 1. The van der Waals surface area contributed by atoms with Gasteiger partial charge in [0.15, 0.2) is 17.7 Å². The molecule has 7 heteroatoms. The molecule has 0 aliphatic carbocycles. The molecule has 2 aromatic rings. The average Bonchev–Trinajstić information content (AvgIpc) is 2.50. The average molecular weight is 403 g/mol. The first-order chi connectivity index (χ1) is 10.9. The van der Waals surface area contributed by atoms with Gasteiger partial charge in [0, 0.05) is 9.50 Å². The minimum Gasteiger partial charge on any atom is -0.495 e. The monoisotopic (exact) mass is 401 g/mol. The summed E-state index contributed by atoms with van der Waals surface area (Å²) in [5.41, 5.74) is 0.414. The number of halogens is 3. The molecule has 0 spiro atoms. The lowest BCUT2D eigenvalue weighted by Gasteiger charge is -2.16. The fourth-order valence-corrected chi connectivity index (χ4v) is 2.33. The normalized spacial score (nSPS) is 11.7. The summed E-state index contributed by atoms with van der Waals surface area (Å²) in [5.74, 6) is -0.550. The second-order valence-electron chi connectivity index (χ2n) is 4.67. The van der Waals surface area contributed by atoms with Gasteiger partial charge in [0.1, 0.15) is 5.75 Å². The van der Waals surface area contributed by atoms with Crippen molar-refractivity contribution in [3.63, 3.8) is 0 Å². The standard InChI is InChI=1S/C16H14BrClFNO3/c1-9(23-14-5-3-10(17)7-12(14)19)16(21)20-13-8-11(18)4-6-15(13)22-2/h3-9H,1-2H3,(H,20,21). The Kier molecular flexibility index (Phi) is 5.85. The van der Waals surface area contributed by atoms with Crippen LogP contribution in [0.5, 0.6) is 11.5 Å². The molecule has 0 aliphatic rings. The van der Waals surface area contributed by atoms with Gasteiger partial charge in [0.05, 0.1) is 12.8 Å². The Bertz CT molecular complexity index is 726.